The highest BCUT2D eigenvalue weighted by molar-refractivity contribution is 7.71. The molecule has 0 aliphatic heterocycles. The van der Waals surface area contributed by atoms with Crippen molar-refractivity contribution in [3.8, 4) is 17.1 Å². The Kier molecular flexibility index (Phi) is 6.43. The topological polar surface area (TPSA) is 63.1 Å². The molecule has 0 amide bonds. The summed E-state index contributed by atoms with van der Waals surface area (Å²) >= 11 is 5.01. The van der Waals surface area contributed by atoms with Crippen LogP contribution in [0.1, 0.15) is 35.7 Å². The van der Waals surface area contributed by atoms with Crippen LogP contribution in [0.3, 0.4) is 0 Å². The minimum absolute atomic E-state index is 0.110. The number of benzene rings is 3. The van der Waals surface area contributed by atoms with E-state index in [1.165, 1.54) is 6.07 Å². The second kappa shape index (κ2) is 9.42. The van der Waals surface area contributed by atoms with Crippen molar-refractivity contribution >= 4 is 12.2 Å². The number of ether oxygens (including phenoxy) is 1. The number of nitrogens with one attached hydrogen (secondary N) is 2. The Balaban J connectivity index is 1.78. The van der Waals surface area contributed by atoms with Crippen LogP contribution in [-0.2, 0) is 0 Å². The second-order valence-corrected chi connectivity index (χ2v) is 7.64. The van der Waals surface area contributed by atoms with Gasteiger partial charge in [-0.3, -0.25) is 5.32 Å². The molecule has 164 valence electrons. The SMILES string of the molecule is COc1ccc(C(NC(C)c2ccc(F)c(F)c2)c2ccccc2-c2nc(=S)o[nH]2)cc1. The van der Waals surface area contributed by atoms with Gasteiger partial charge in [0.05, 0.1) is 13.2 Å². The summed E-state index contributed by atoms with van der Waals surface area (Å²) in [5.74, 6) is -0.520. The third kappa shape index (κ3) is 4.61. The Morgan fingerprint density at radius 1 is 1.00 bits per heavy atom. The van der Waals surface area contributed by atoms with Gasteiger partial charge in [-0.05, 0) is 60.1 Å². The zero-order valence-electron chi connectivity index (χ0n) is 17.4. The lowest BCUT2D eigenvalue weighted by atomic mass is 9.92. The van der Waals surface area contributed by atoms with Crippen LogP contribution in [-0.4, -0.2) is 17.3 Å². The van der Waals surface area contributed by atoms with Gasteiger partial charge in [0.25, 0.3) is 0 Å². The largest absolute Gasteiger partial charge is 0.497 e. The van der Waals surface area contributed by atoms with Crippen LogP contribution in [0.2, 0.25) is 0 Å². The van der Waals surface area contributed by atoms with E-state index in [4.69, 9.17) is 21.5 Å². The third-order valence-electron chi connectivity index (χ3n) is 5.27. The van der Waals surface area contributed by atoms with Crippen LogP contribution >= 0.6 is 12.2 Å². The van der Waals surface area contributed by atoms with Crippen LogP contribution in [0.4, 0.5) is 8.78 Å². The molecule has 8 heteroatoms. The number of H-pyrrole nitrogens is 1. The molecule has 0 fully saturated rings. The molecular formula is C24H21F2N3O2S. The minimum atomic E-state index is -0.882. The van der Waals surface area contributed by atoms with Gasteiger partial charge in [-0.15, -0.1) is 0 Å². The van der Waals surface area contributed by atoms with Gasteiger partial charge in [0.15, 0.2) is 17.5 Å². The number of rotatable bonds is 7. The fourth-order valence-electron chi connectivity index (χ4n) is 3.60. The summed E-state index contributed by atoms with van der Waals surface area (Å²) in [6.45, 7) is 1.90. The van der Waals surface area contributed by atoms with E-state index in [1.54, 1.807) is 13.2 Å². The molecule has 0 radical (unpaired) electrons. The van der Waals surface area contributed by atoms with Gasteiger partial charge < -0.3 is 9.26 Å². The fraction of sp³-hybridized carbons (Fsp3) is 0.167. The molecule has 1 aromatic heterocycles. The maximum Gasteiger partial charge on any atom is 0.314 e. The zero-order chi connectivity index (χ0) is 22.7. The summed E-state index contributed by atoms with van der Waals surface area (Å²) in [6, 6.07) is 18.7. The normalized spacial score (nSPS) is 13.0. The Hall–Kier alpha value is -3.36. The van der Waals surface area contributed by atoms with Gasteiger partial charge in [0.1, 0.15) is 5.75 Å². The van der Waals surface area contributed by atoms with Crippen molar-refractivity contribution in [2.24, 2.45) is 0 Å². The molecule has 5 nitrogen and oxygen atoms in total. The lowest BCUT2D eigenvalue weighted by molar-refractivity contribution is 0.406. The predicted molar refractivity (Wildman–Crippen MR) is 120 cm³/mol. The monoisotopic (exact) mass is 453 g/mol. The molecule has 2 N–H and O–H groups in total. The molecule has 0 saturated heterocycles. The molecule has 0 saturated carbocycles. The molecule has 4 aromatic rings. The summed E-state index contributed by atoms with van der Waals surface area (Å²) in [6.07, 6.45) is 0. The summed E-state index contributed by atoms with van der Waals surface area (Å²) in [5, 5.41) is 6.29. The van der Waals surface area contributed by atoms with E-state index < -0.39 is 11.6 Å². The summed E-state index contributed by atoms with van der Waals surface area (Å²) in [7, 11) is 1.61. The van der Waals surface area contributed by atoms with E-state index in [9.17, 15) is 8.78 Å². The maximum atomic E-state index is 13.8. The van der Waals surface area contributed by atoms with E-state index in [0.29, 0.717) is 11.4 Å². The molecule has 2 unspecified atom stereocenters. The molecule has 1 heterocycles. The molecule has 4 rings (SSSR count). The number of methoxy groups -OCH3 is 1. The van der Waals surface area contributed by atoms with Crippen LogP contribution in [0.25, 0.3) is 11.4 Å². The Morgan fingerprint density at radius 2 is 1.72 bits per heavy atom. The van der Waals surface area contributed by atoms with E-state index >= 15 is 0 Å². The van der Waals surface area contributed by atoms with Crippen molar-refractivity contribution < 1.29 is 18.0 Å². The first-order valence-corrected chi connectivity index (χ1v) is 10.4. The summed E-state index contributed by atoms with van der Waals surface area (Å²) in [5.41, 5.74) is 3.29. The lowest BCUT2D eigenvalue weighted by Crippen LogP contribution is -2.26. The molecule has 32 heavy (non-hydrogen) atoms. The van der Waals surface area contributed by atoms with Crippen LogP contribution < -0.4 is 10.1 Å². The van der Waals surface area contributed by atoms with Gasteiger partial charge in [-0.1, -0.05) is 42.5 Å². The third-order valence-corrected chi connectivity index (χ3v) is 5.45. The van der Waals surface area contributed by atoms with Gasteiger partial charge >= 0.3 is 4.84 Å². The molecular weight excluding hydrogens is 432 g/mol. The average molecular weight is 454 g/mol. The predicted octanol–water partition coefficient (Wildman–Crippen LogP) is 6.13. The number of hydrogen-bond donors (Lipinski definition) is 2. The Labute approximate surface area is 189 Å². The number of halogens is 2. The van der Waals surface area contributed by atoms with E-state index in [1.807, 2.05) is 55.5 Å². The smallest absolute Gasteiger partial charge is 0.314 e. The van der Waals surface area contributed by atoms with Crippen molar-refractivity contribution in [1.29, 1.82) is 0 Å². The quantitative estimate of drug-likeness (QED) is 0.330. The molecule has 0 spiro atoms. The van der Waals surface area contributed by atoms with Crippen LogP contribution in [0, 0.1) is 16.5 Å². The van der Waals surface area contributed by atoms with E-state index in [2.05, 4.69) is 15.5 Å². The average Bonchev–Trinajstić information content (AvgIpc) is 3.25. The van der Waals surface area contributed by atoms with E-state index in [0.717, 1.165) is 28.5 Å². The first kappa shape index (κ1) is 21.9. The second-order valence-electron chi connectivity index (χ2n) is 7.29. The molecule has 2 atom stereocenters. The highest BCUT2D eigenvalue weighted by Gasteiger charge is 2.22. The van der Waals surface area contributed by atoms with Crippen molar-refractivity contribution in [2.75, 3.05) is 7.11 Å². The van der Waals surface area contributed by atoms with Crippen LogP contribution in [0.5, 0.6) is 5.75 Å². The highest BCUT2D eigenvalue weighted by Crippen LogP contribution is 2.33. The first-order chi connectivity index (χ1) is 15.5. The first-order valence-electron chi connectivity index (χ1n) is 9.96. The Bertz CT molecular complexity index is 1270. The van der Waals surface area contributed by atoms with Gasteiger partial charge in [-0.2, -0.15) is 4.98 Å². The van der Waals surface area contributed by atoms with Gasteiger partial charge in [0, 0.05) is 11.6 Å². The van der Waals surface area contributed by atoms with Crippen molar-refractivity contribution in [3.05, 3.63) is 99.9 Å². The highest BCUT2D eigenvalue weighted by atomic mass is 32.1. The molecule has 3 aromatic carbocycles. The number of aromatic nitrogens is 2. The zero-order valence-corrected chi connectivity index (χ0v) is 18.2. The van der Waals surface area contributed by atoms with Crippen molar-refractivity contribution in [2.45, 2.75) is 19.0 Å². The summed E-state index contributed by atoms with van der Waals surface area (Å²) in [4.78, 5) is 4.37. The number of nitrogens with zero attached hydrogens (tertiary/aromatic N) is 1. The molecule has 0 aliphatic carbocycles. The van der Waals surface area contributed by atoms with Gasteiger partial charge in [-0.25, -0.2) is 13.9 Å². The van der Waals surface area contributed by atoms with Gasteiger partial charge in [0.2, 0.25) is 0 Å². The standard InChI is InChI=1S/C24H21F2N3O2S/c1-14(16-9-12-20(25)21(26)13-16)27-22(15-7-10-17(30-2)11-8-15)18-5-3-4-6-19(18)23-28-24(32)31-29-23/h3-14,22,27H,1-2H3,(H,28,29,32). The van der Waals surface area contributed by atoms with Crippen LogP contribution in [0.15, 0.2) is 71.3 Å². The minimum Gasteiger partial charge on any atom is -0.497 e. The molecule has 0 aliphatic rings. The fourth-order valence-corrected chi connectivity index (χ4v) is 3.73. The Morgan fingerprint density at radius 3 is 2.38 bits per heavy atom. The molecule has 0 bridgehead atoms. The number of hydrogen-bond acceptors (Lipinski definition) is 5. The maximum absolute atomic E-state index is 13.8. The van der Waals surface area contributed by atoms with E-state index in [-0.39, 0.29) is 16.9 Å². The summed E-state index contributed by atoms with van der Waals surface area (Å²) < 4.78 is 37.7. The van der Waals surface area contributed by atoms with Crippen molar-refractivity contribution in [3.63, 3.8) is 0 Å². The lowest BCUT2D eigenvalue weighted by Gasteiger charge is -2.26. The number of aromatic amines is 1. The van der Waals surface area contributed by atoms with Crippen molar-refractivity contribution in [1.82, 2.24) is 15.5 Å².